The summed E-state index contributed by atoms with van der Waals surface area (Å²) in [5, 5.41) is 13.6. The largest absolute Gasteiger partial charge is 0.392 e. The van der Waals surface area contributed by atoms with E-state index in [1.54, 1.807) is 18.2 Å². The van der Waals surface area contributed by atoms with Crippen LogP contribution in [0, 0.1) is 5.92 Å². The molecule has 0 amide bonds. The van der Waals surface area contributed by atoms with Crippen LogP contribution in [-0.4, -0.2) is 32.4 Å². The number of aliphatic hydroxyl groups is 1. The molecule has 2 N–H and O–H groups in total. The van der Waals surface area contributed by atoms with Gasteiger partial charge in [0, 0.05) is 29.9 Å². The highest BCUT2D eigenvalue weighted by Gasteiger charge is 2.18. The SMILES string of the molecule is CCC(CC)C(O)CNCc1c(Cl)cccc1S(C)(=O)=O. The van der Waals surface area contributed by atoms with E-state index in [0.717, 1.165) is 12.8 Å². The van der Waals surface area contributed by atoms with Gasteiger partial charge in [-0.3, -0.25) is 0 Å². The molecule has 0 saturated heterocycles. The van der Waals surface area contributed by atoms with Crippen molar-refractivity contribution in [2.24, 2.45) is 5.92 Å². The molecule has 0 aliphatic carbocycles. The Bertz CT molecular complexity index is 556. The molecular formula is C15H24ClNO3S. The molecule has 1 aromatic carbocycles. The van der Waals surface area contributed by atoms with Crippen LogP contribution in [-0.2, 0) is 16.4 Å². The zero-order valence-corrected chi connectivity index (χ0v) is 14.3. The van der Waals surface area contributed by atoms with Gasteiger partial charge in [-0.25, -0.2) is 8.42 Å². The van der Waals surface area contributed by atoms with Gasteiger partial charge < -0.3 is 10.4 Å². The van der Waals surface area contributed by atoms with E-state index in [4.69, 9.17) is 11.6 Å². The lowest BCUT2D eigenvalue weighted by Crippen LogP contribution is -2.32. The van der Waals surface area contributed by atoms with Crippen LogP contribution < -0.4 is 5.32 Å². The van der Waals surface area contributed by atoms with Gasteiger partial charge >= 0.3 is 0 Å². The molecule has 6 heteroatoms. The normalized spacial score (nSPS) is 13.6. The second-order valence-corrected chi connectivity index (χ2v) is 7.65. The topological polar surface area (TPSA) is 66.4 Å². The van der Waals surface area contributed by atoms with Gasteiger partial charge in [-0.2, -0.15) is 0 Å². The van der Waals surface area contributed by atoms with Crippen molar-refractivity contribution in [3.63, 3.8) is 0 Å². The standard InChI is InChI=1S/C15H24ClNO3S/c1-4-11(5-2)14(18)10-17-9-12-13(16)7-6-8-15(12)21(3,19)20/h6-8,11,14,17-18H,4-5,9-10H2,1-3H3. The van der Waals surface area contributed by atoms with E-state index in [0.29, 0.717) is 23.7 Å². The molecule has 0 saturated carbocycles. The van der Waals surface area contributed by atoms with Crippen LogP contribution in [0.15, 0.2) is 23.1 Å². The molecular weight excluding hydrogens is 310 g/mol. The third kappa shape index (κ3) is 5.25. The lowest BCUT2D eigenvalue weighted by molar-refractivity contribution is 0.101. The van der Waals surface area contributed by atoms with E-state index in [2.05, 4.69) is 5.32 Å². The number of hydrogen-bond donors (Lipinski definition) is 2. The summed E-state index contributed by atoms with van der Waals surface area (Å²) < 4.78 is 23.5. The van der Waals surface area contributed by atoms with Crippen molar-refractivity contribution < 1.29 is 13.5 Å². The van der Waals surface area contributed by atoms with Crippen molar-refractivity contribution in [1.29, 1.82) is 0 Å². The molecule has 0 aromatic heterocycles. The molecule has 0 bridgehead atoms. The molecule has 120 valence electrons. The number of benzene rings is 1. The molecule has 4 nitrogen and oxygen atoms in total. The van der Waals surface area contributed by atoms with Crippen molar-refractivity contribution in [1.82, 2.24) is 5.32 Å². The van der Waals surface area contributed by atoms with Gasteiger partial charge in [0.05, 0.1) is 11.0 Å². The van der Waals surface area contributed by atoms with Gasteiger partial charge in [-0.05, 0) is 18.1 Å². The number of halogens is 1. The van der Waals surface area contributed by atoms with Crippen LogP contribution in [0.5, 0.6) is 0 Å². The van der Waals surface area contributed by atoms with E-state index in [-0.39, 0.29) is 10.8 Å². The summed E-state index contributed by atoms with van der Waals surface area (Å²) in [6.45, 7) is 4.83. The highest BCUT2D eigenvalue weighted by Crippen LogP contribution is 2.24. The monoisotopic (exact) mass is 333 g/mol. The Balaban J connectivity index is 2.77. The number of hydrogen-bond acceptors (Lipinski definition) is 4. The molecule has 1 rings (SSSR count). The molecule has 0 spiro atoms. The number of rotatable bonds is 8. The Kier molecular flexibility index (Phi) is 7.13. The number of nitrogens with one attached hydrogen (secondary N) is 1. The predicted molar refractivity (Wildman–Crippen MR) is 86.3 cm³/mol. The zero-order valence-electron chi connectivity index (χ0n) is 12.8. The Morgan fingerprint density at radius 1 is 1.29 bits per heavy atom. The molecule has 1 unspecified atom stereocenters. The van der Waals surface area contributed by atoms with Gasteiger partial charge in [0.1, 0.15) is 0 Å². The van der Waals surface area contributed by atoms with Crippen LogP contribution in [0.2, 0.25) is 5.02 Å². The van der Waals surface area contributed by atoms with E-state index in [1.807, 2.05) is 13.8 Å². The van der Waals surface area contributed by atoms with Gasteiger partial charge in [-0.15, -0.1) is 0 Å². The van der Waals surface area contributed by atoms with Gasteiger partial charge in [0.2, 0.25) is 0 Å². The first-order valence-electron chi connectivity index (χ1n) is 7.17. The Hall–Kier alpha value is -0.620. The van der Waals surface area contributed by atoms with Crippen molar-refractivity contribution in [3.05, 3.63) is 28.8 Å². The lowest BCUT2D eigenvalue weighted by atomic mass is 9.96. The van der Waals surface area contributed by atoms with E-state index >= 15 is 0 Å². The van der Waals surface area contributed by atoms with E-state index in [1.165, 1.54) is 6.26 Å². The second kappa shape index (κ2) is 8.13. The van der Waals surface area contributed by atoms with E-state index in [9.17, 15) is 13.5 Å². The molecule has 1 aromatic rings. The summed E-state index contributed by atoms with van der Waals surface area (Å²) in [4.78, 5) is 0.236. The zero-order chi connectivity index (χ0) is 16.0. The number of sulfone groups is 1. The quantitative estimate of drug-likeness (QED) is 0.767. The summed E-state index contributed by atoms with van der Waals surface area (Å²) in [7, 11) is -3.32. The molecule has 0 aliphatic heterocycles. The highest BCUT2D eigenvalue weighted by molar-refractivity contribution is 7.90. The molecule has 0 heterocycles. The smallest absolute Gasteiger partial charge is 0.175 e. The van der Waals surface area contributed by atoms with Crippen molar-refractivity contribution in [2.75, 3.05) is 12.8 Å². The fourth-order valence-electron chi connectivity index (χ4n) is 2.40. The maximum absolute atomic E-state index is 11.8. The molecule has 0 radical (unpaired) electrons. The number of aliphatic hydroxyl groups excluding tert-OH is 1. The predicted octanol–water partition coefficient (Wildman–Crippen LogP) is 2.63. The summed E-state index contributed by atoms with van der Waals surface area (Å²) in [6, 6.07) is 4.85. The highest BCUT2D eigenvalue weighted by atomic mass is 35.5. The first-order valence-corrected chi connectivity index (χ1v) is 9.44. The molecule has 0 fully saturated rings. The summed E-state index contributed by atoms with van der Waals surface area (Å²) in [6.07, 6.45) is 2.56. The van der Waals surface area contributed by atoms with Crippen LogP contribution in [0.1, 0.15) is 32.3 Å². The minimum absolute atomic E-state index is 0.236. The van der Waals surface area contributed by atoms with Gasteiger partial charge in [0.15, 0.2) is 9.84 Å². The van der Waals surface area contributed by atoms with Crippen LogP contribution >= 0.6 is 11.6 Å². The summed E-state index contributed by atoms with van der Waals surface area (Å²) >= 11 is 6.10. The minimum Gasteiger partial charge on any atom is -0.392 e. The summed E-state index contributed by atoms with van der Waals surface area (Å²) in [5.74, 6) is 0.248. The molecule has 0 aliphatic rings. The van der Waals surface area contributed by atoms with Crippen LogP contribution in [0.4, 0.5) is 0 Å². The van der Waals surface area contributed by atoms with Gasteiger partial charge in [0.25, 0.3) is 0 Å². The summed E-state index contributed by atoms with van der Waals surface area (Å²) in [5.41, 5.74) is 0.554. The Morgan fingerprint density at radius 2 is 1.90 bits per heavy atom. The maximum atomic E-state index is 11.8. The van der Waals surface area contributed by atoms with E-state index < -0.39 is 15.9 Å². The fourth-order valence-corrected chi connectivity index (χ4v) is 3.66. The third-order valence-corrected chi connectivity index (χ3v) is 5.26. The average Bonchev–Trinajstić information content (AvgIpc) is 2.40. The molecule has 21 heavy (non-hydrogen) atoms. The van der Waals surface area contributed by atoms with Crippen LogP contribution in [0.3, 0.4) is 0 Å². The van der Waals surface area contributed by atoms with Gasteiger partial charge in [-0.1, -0.05) is 44.4 Å². The minimum atomic E-state index is -3.32. The van der Waals surface area contributed by atoms with Crippen molar-refractivity contribution in [3.8, 4) is 0 Å². The second-order valence-electron chi connectivity index (χ2n) is 5.26. The maximum Gasteiger partial charge on any atom is 0.175 e. The lowest BCUT2D eigenvalue weighted by Gasteiger charge is -2.21. The fraction of sp³-hybridized carbons (Fsp3) is 0.600. The first-order chi connectivity index (χ1) is 9.81. The first kappa shape index (κ1) is 18.4. The third-order valence-electron chi connectivity index (χ3n) is 3.72. The Labute approximate surface area is 132 Å². The average molecular weight is 334 g/mol. The van der Waals surface area contributed by atoms with Crippen molar-refractivity contribution >= 4 is 21.4 Å². The van der Waals surface area contributed by atoms with Crippen molar-refractivity contribution in [2.45, 2.75) is 44.2 Å². The molecule has 1 atom stereocenters. The van der Waals surface area contributed by atoms with Crippen LogP contribution in [0.25, 0.3) is 0 Å². The Morgan fingerprint density at radius 3 is 2.43 bits per heavy atom.